The third kappa shape index (κ3) is 5.72. The van der Waals surface area contributed by atoms with E-state index in [1.54, 1.807) is 30.3 Å². The molecule has 0 spiro atoms. The molecule has 150 valence electrons. The van der Waals surface area contributed by atoms with Crippen molar-refractivity contribution >= 4 is 27.7 Å². The van der Waals surface area contributed by atoms with Crippen molar-refractivity contribution in [3.05, 3.63) is 64.7 Å². The maximum atomic E-state index is 12.5. The summed E-state index contributed by atoms with van der Waals surface area (Å²) in [5.41, 5.74) is 1.70. The lowest BCUT2D eigenvalue weighted by molar-refractivity contribution is -0.136. The van der Waals surface area contributed by atoms with Gasteiger partial charge in [0, 0.05) is 5.02 Å². The Morgan fingerprint density at radius 3 is 2.43 bits per heavy atom. The van der Waals surface area contributed by atoms with Gasteiger partial charge in [-0.1, -0.05) is 48.7 Å². The van der Waals surface area contributed by atoms with Gasteiger partial charge < -0.3 is 8.92 Å². The van der Waals surface area contributed by atoms with Gasteiger partial charge in [-0.15, -0.1) is 0 Å². The van der Waals surface area contributed by atoms with Gasteiger partial charge in [0.2, 0.25) is 0 Å². The number of hydrogen-bond donors (Lipinski definition) is 0. The molecule has 0 bridgehead atoms. The van der Waals surface area contributed by atoms with E-state index in [0.29, 0.717) is 17.4 Å². The van der Waals surface area contributed by atoms with E-state index in [1.165, 1.54) is 0 Å². The summed E-state index contributed by atoms with van der Waals surface area (Å²) in [6.45, 7) is 0.377. The fourth-order valence-electron chi connectivity index (χ4n) is 3.66. The highest BCUT2D eigenvalue weighted by Crippen LogP contribution is 2.38. The second-order valence-corrected chi connectivity index (χ2v) is 9.13. The van der Waals surface area contributed by atoms with E-state index in [2.05, 4.69) is 0 Å². The SMILES string of the molecule is CS(=O)(=O)OC(=O)C(c1ccc(OCc2cccc(Cl)c2)cc1)C1CCCC1. The summed E-state index contributed by atoms with van der Waals surface area (Å²) in [4.78, 5) is 12.5. The zero-order chi connectivity index (χ0) is 20.1. The van der Waals surface area contributed by atoms with Crippen LogP contribution in [0, 0.1) is 5.92 Å². The minimum absolute atomic E-state index is 0.0903. The second-order valence-electron chi connectivity index (χ2n) is 7.12. The molecular weight excluding hydrogens is 400 g/mol. The summed E-state index contributed by atoms with van der Waals surface area (Å²) in [5, 5.41) is 0.653. The quantitative estimate of drug-likeness (QED) is 0.605. The molecule has 1 aliphatic rings. The first-order valence-electron chi connectivity index (χ1n) is 9.22. The Hall–Kier alpha value is -2.05. The highest BCUT2D eigenvalue weighted by Gasteiger charge is 2.34. The summed E-state index contributed by atoms with van der Waals surface area (Å²) in [7, 11) is -3.84. The lowest BCUT2D eigenvalue weighted by atomic mass is 9.85. The minimum Gasteiger partial charge on any atom is -0.489 e. The Morgan fingerprint density at radius 1 is 1.14 bits per heavy atom. The van der Waals surface area contributed by atoms with Gasteiger partial charge in [-0.2, -0.15) is 8.42 Å². The Bertz CT molecular complexity index is 918. The molecule has 5 nitrogen and oxygen atoms in total. The lowest BCUT2D eigenvalue weighted by Crippen LogP contribution is -2.24. The number of benzene rings is 2. The van der Waals surface area contributed by atoms with Crippen molar-refractivity contribution in [2.75, 3.05) is 6.26 Å². The Morgan fingerprint density at radius 2 is 1.82 bits per heavy atom. The fraction of sp³-hybridized carbons (Fsp3) is 0.381. The molecule has 7 heteroatoms. The van der Waals surface area contributed by atoms with Crippen LogP contribution in [0.1, 0.15) is 42.7 Å². The lowest BCUT2D eigenvalue weighted by Gasteiger charge is -2.21. The van der Waals surface area contributed by atoms with Crippen LogP contribution < -0.4 is 4.74 Å². The predicted molar refractivity (Wildman–Crippen MR) is 108 cm³/mol. The Labute approximate surface area is 170 Å². The summed E-state index contributed by atoms with van der Waals surface area (Å²) >= 11 is 5.98. The van der Waals surface area contributed by atoms with E-state index < -0.39 is 22.0 Å². The van der Waals surface area contributed by atoms with Gasteiger partial charge in [-0.3, -0.25) is 4.79 Å². The number of carbonyl (C=O) groups is 1. The zero-order valence-electron chi connectivity index (χ0n) is 15.6. The van der Waals surface area contributed by atoms with Gasteiger partial charge in [0.05, 0.1) is 12.2 Å². The molecule has 0 amide bonds. The largest absolute Gasteiger partial charge is 0.489 e. The molecule has 1 saturated carbocycles. The molecule has 1 unspecified atom stereocenters. The number of rotatable bonds is 7. The first kappa shape index (κ1) is 20.7. The van der Waals surface area contributed by atoms with E-state index in [1.807, 2.05) is 18.2 Å². The summed E-state index contributed by atoms with van der Waals surface area (Å²) < 4.78 is 33.3. The molecule has 0 aromatic heterocycles. The summed E-state index contributed by atoms with van der Waals surface area (Å²) in [6.07, 6.45) is 4.73. The van der Waals surface area contributed by atoms with Gasteiger partial charge in [0.25, 0.3) is 0 Å². The maximum absolute atomic E-state index is 12.5. The molecule has 0 saturated heterocycles. The summed E-state index contributed by atoms with van der Waals surface area (Å²) in [6, 6.07) is 14.6. The molecule has 0 radical (unpaired) electrons. The third-order valence-electron chi connectivity index (χ3n) is 4.89. The molecule has 0 heterocycles. The molecule has 0 N–H and O–H groups in total. The zero-order valence-corrected chi connectivity index (χ0v) is 17.2. The number of ether oxygens (including phenoxy) is 1. The standard InChI is InChI=1S/C21H23ClO5S/c1-28(24,25)27-21(23)20(16-6-2-3-7-16)17-9-11-19(12-10-17)26-14-15-5-4-8-18(22)13-15/h4-5,8-13,16,20H,2-3,6-7,14H2,1H3. The Kier molecular flexibility index (Phi) is 6.62. The van der Waals surface area contributed by atoms with Gasteiger partial charge >= 0.3 is 16.1 Å². The van der Waals surface area contributed by atoms with Crippen molar-refractivity contribution in [3.63, 3.8) is 0 Å². The van der Waals surface area contributed by atoms with Gasteiger partial charge in [0.15, 0.2) is 0 Å². The maximum Gasteiger partial charge on any atom is 0.329 e. The molecule has 3 rings (SSSR count). The third-order valence-corrected chi connectivity index (χ3v) is 5.59. The second kappa shape index (κ2) is 8.97. The van der Waals surface area contributed by atoms with Crippen molar-refractivity contribution in [3.8, 4) is 5.75 Å². The first-order chi connectivity index (χ1) is 13.3. The van der Waals surface area contributed by atoms with Crippen LogP contribution in [0.3, 0.4) is 0 Å². The Balaban J connectivity index is 1.73. The van der Waals surface area contributed by atoms with Crippen LogP contribution in [-0.2, 0) is 25.7 Å². The minimum atomic E-state index is -3.84. The molecule has 0 aliphatic heterocycles. The molecule has 1 atom stereocenters. The van der Waals surface area contributed by atoms with Crippen LogP contribution in [-0.4, -0.2) is 20.6 Å². The fourth-order valence-corrected chi connectivity index (χ4v) is 4.27. The van der Waals surface area contributed by atoms with Crippen molar-refractivity contribution < 1.29 is 22.1 Å². The average molecular weight is 423 g/mol. The molecule has 2 aromatic carbocycles. The van der Waals surface area contributed by atoms with Crippen molar-refractivity contribution in [2.45, 2.75) is 38.2 Å². The van der Waals surface area contributed by atoms with Crippen LogP contribution in [0.4, 0.5) is 0 Å². The monoisotopic (exact) mass is 422 g/mol. The van der Waals surface area contributed by atoms with Gasteiger partial charge in [-0.25, -0.2) is 0 Å². The number of carbonyl (C=O) groups excluding carboxylic acids is 1. The highest BCUT2D eigenvalue weighted by molar-refractivity contribution is 7.86. The first-order valence-corrected chi connectivity index (χ1v) is 11.4. The van der Waals surface area contributed by atoms with Crippen LogP contribution in [0.2, 0.25) is 5.02 Å². The molecule has 1 fully saturated rings. The smallest absolute Gasteiger partial charge is 0.329 e. The van der Waals surface area contributed by atoms with Crippen LogP contribution in [0.25, 0.3) is 0 Å². The predicted octanol–water partition coefficient (Wildman–Crippen LogP) is 4.70. The molecular formula is C21H23ClO5S. The van der Waals surface area contributed by atoms with E-state index in [0.717, 1.165) is 43.1 Å². The normalized spacial score (nSPS) is 15.9. The molecule has 1 aliphatic carbocycles. The van der Waals surface area contributed by atoms with Crippen LogP contribution in [0.15, 0.2) is 48.5 Å². The van der Waals surface area contributed by atoms with Crippen molar-refractivity contribution in [1.29, 1.82) is 0 Å². The topological polar surface area (TPSA) is 69.7 Å². The average Bonchev–Trinajstić information content (AvgIpc) is 3.14. The van der Waals surface area contributed by atoms with Crippen molar-refractivity contribution in [2.24, 2.45) is 5.92 Å². The van der Waals surface area contributed by atoms with Crippen molar-refractivity contribution in [1.82, 2.24) is 0 Å². The van der Waals surface area contributed by atoms with Crippen LogP contribution >= 0.6 is 11.6 Å². The van der Waals surface area contributed by atoms with E-state index in [4.69, 9.17) is 20.5 Å². The van der Waals surface area contributed by atoms with E-state index in [9.17, 15) is 13.2 Å². The summed E-state index contributed by atoms with van der Waals surface area (Å²) in [5.74, 6) is -0.543. The van der Waals surface area contributed by atoms with E-state index >= 15 is 0 Å². The molecule has 28 heavy (non-hydrogen) atoms. The van der Waals surface area contributed by atoms with Crippen LogP contribution in [0.5, 0.6) is 5.75 Å². The highest BCUT2D eigenvalue weighted by atomic mass is 35.5. The van der Waals surface area contributed by atoms with E-state index in [-0.39, 0.29) is 5.92 Å². The van der Waals surface area contributed by atoms with Gasteiger partial charge in [0.1, 0.15) is 12.4 Å². The van der Waals surface area contributed by atoms with Gasteiger partial charge in [-0.05, 0) is 54.2 Å². The molecule has 2 aromatic rings. The number of halogens is 1. The number of hydrogen-bond acceptors (Lipinski definition) is 5.